The van der Waals surface area contributed by atoms with Crippen molar-refractivity contribution in [2.24, 2.45) is 0 Å². The van der Waals surface area contributed by atoms with E-state index in [2.05, 4.69) is 15.2 Å². The zero-order valence-corrected chi connectivity index (χ0v) is 18.1. The Bertz CT molecular complexity index is 1040. The van der Waals surface area contributed by atoms with Crippen molar-refractivity contribution in [1.29, 1.82) is 0 Å². The van der Waals surface area contributed by atoms with Gasteiger partial charge in [-0.1, -0.05) is 30.0 Å². The van der Waals surface area contributed by atoms with Crippen LogP contribution in [-0.2, 0) is 9.53 Å². The average molecular weight is 437 g/mol. The number of hydrogen-bond donors (Lipinski definition) is 1. The Labute approximate surface area is 185 Å². The SMILES string of the molecule is CSc1ncc(C(=O)OCC(=O)Nc2ccc(N3CCCC3)cc2)n1-c1ccccc1. The molecule has 0 unspecified atom stereocenters. The highest BCUT2D eigenvalue weighted by Crippen LogP contribution is 2.23. The van der Waals surface area contributed by atoms with Gasteiger partial charge in [0.05, 0.1) is 6.20 Å². The maximum absolute atomic E-state index is 12.6. The molecule has 7 nitrogen and oxygen atoms in total. The summed E-state index contributed by atoms with van der Waals surface area (Å²) in [5.74, 6) is -0.991. The number of thioether (sulfide) groups is 1. The molecule has 31 heavy (non-hydrogen) atoms. The summed E-state index contributed by atoms with van der Waals surface area (Å²) in [5, 5.41) is 3.44. The monoisotopic (exact) mass is 436 g/mol. The second-order valence-corrected chi connectivity index (χ2v) is 7.94. The predicted octanol–water partition coefficient (Wildman–Crippen LogP) is 3.99. The molecule has 3 aromatic rings. The lowest BCUT2D eigenvalue weighted by molar-refractivity contribution is -0.119. The molecule has 160 valence electrons. The number of aromatic nitrogens is 2. The van der Waals surface area contributed by atoms with E-state index in [1.54, 1.807) is 4.57 Å². The second-order valence-electron chi connectivity index (χ2n) is 7.17. The predicted molar refractivity (Wildman–Crippen MR) is 122 cm³/mol. The summed E-state index contributed by atoms with van der Waals surface area (Å²) in [6.07, 6.45) is 5.78. The van der Waals surface area contributed by atoms with Crippen LogP contribution < -0.4 is 10.2 Å². The zero-order chi connectivity index (χ0) is 21.6. The van der Waals surface area contributed by atoms with Gasteiger partial charge in [0.2, 0.25) is 0 Å². The highest BCUT2D eigenvalue weighted by molar-refractivity contribution is 7.98. The number of rotatable bonds is 7. The lowest BCUT2D eigenvalue weighted by atomic mass is 10.2. The minimum Gasteiger partial charge on any atom is -0.451 e. The molecule has 0 bridgehead atoms. The van der Waals surface area contributed by atoms with Crippen LogP contribution in [0.3, 0.4) is 0 Å². The Morgan fingerprint density at radius 3 is 2.42 bits per heavy atom. The van der Waals surface area contributed by atoms with Crippen molar-refractivity contribution >= 4 is 35.0 Å². The number of amides is 1. The minimum atomic E-state index is -0.601. The van der Waals surface area contributed by atoms with Crippen molar-refractivity contribution in [3.8, 4) is 5.69 Å². The standard InChI is InChI=1S/C23H24N4O3S/c1-31-23-24-15-20(27(23)19-7-3-2-4-8-19)22(29)30-16-21(28)25-17-9-11-18(12-10-17)26-13-5-6-14-26/h2-4,7-12,15H,5-6,13-14,16H2,1H3,(H,25,28). The third kappa shape index (κ3) is 4.91. The average Bonchev–Trinajstić information content (AvgIpc) is 3.49. The maximum Gasteiger partial charge on any atom is 0.357 e. The zero-order valence-electron chi connectivity index (χ0n) is 17.3. The van der Waals surface area contributed by atoms with Crippen LogP contribution in [0.15, 0.2) is 66.0 Å². The fourth-order valence-electron chi connectivity index (χ4n) is 3.58. The van der Waals surface area contributed by atoms with Crippen molar-refractivity contribution in [2.75, 3.05) is 36.2 Å². The second kappa shape index (κ2) is 9.70. The fourth-order valence-corrected chi connectivity index (χ4v) is 4.13. The summed E-state index contributed by atoms with van der Waals surface area (Å²) in [5.41, 5.74) is 2.90. The number of ether oxygens (including phenoxy) is 1. The first-order valence-corrected chi connectivity index (χ1v) is 11.4. The number of para-hydroxylation sites is 1. The van der Waals surface area contributed by atoms with E-state index in [0.717, 1.165) is 24.5 Å². The molecular weight excluding hydrogens is 412 g/mol. The van der Waals surface area contributed by atoms with Crippen LogP contribution in [0.5, 0.6) is 0 Å². The summed E-state index contributed by atoms with van der Waals surface area (Å²) in [4.78, 5) is 31.5. The lowest BCUT2D eigenvalue weighted by Gasteiger charge is -2.17. The van der Waals surface area contributed by atoms with Crippen LogP contribution >= 0.6 is 11.8 Å². The van der Waals surface area contributed by atoms with E-state index in [1.807, 2.05) is 60.9 Å². The number of imidazole rings is 1. The molecule has 0 radical (unpaired) electrons. The molecule has 1 fully saturated rings. The molecular formula is C23H24N4O3S. The van der Waals surface area contributed by atoms with E-state index in [1.165, 1.54) is 30.8 Å². The van der Waals surface area contributed by atoms with E-state index < -0.39 is 11.9 Å². The van der Waals surface area contributed by atoms with Crippen LogP contribution in [0.4, 0.5) is 11.4 Å². The Morgan fingerprint density at radius 2 is 1.74 bits per heavy atom. The van der Waals surface area contributed by atoms with Crippen molar-refractivity contribution in [1.82, 2.24) is 9.55 Å². The van der Waals surface area contributed by atoms with Gasteiger partial charge in [0.1, 0.15) is 0 Å². The quantitative estimate of drug-likeness (QED) is 0.446. The van der Waals surface area contributed by atoms with E-state index in [9.17, 15) is 9.59 Å². The van der Waals surface area contributed by atoms with Crippen molar-refractivity contribution < 1.29 is 14.3 Å². The molecule has 0 saturated carbocycles. The molecule has 0 atom stereocenters. The highest BCUT2D eigenvalue weighted by Gasteiger charge is 2.20. The summed E-state index contributed by atoms with van der Waals surface area (Å²) in [7, 11) is 0. The van der Waals surface area contributed by atoms with E-state index in [0.29, 0.717) is 10.8 Å². The van der Waals surface area contributed by atoms with Gasteiger partial charge in [-0.25, -0.2) is 9.78 Å². The Morgan fingerprint density at radius 1 is 1.03 bits per heavy atom. The number of anilines is 2. The number of carbonyl (C=O) groups excluding carboxylic acids is 2. The number of esters is 1. The van der Waals surface area contributed by atoms with Crippen LogP contribution in [0.1, 0.15) is 23.3 Å². The fraction of sp³-hybridized carbons (Fsp3) is 0.261. The lowest BCUT2D eigenvalue weighted by Crippen LogP contribution is -2.22. The van der Waals surface area contributed by atoms with Crippen LogP contribution in [0, 0.1) is 0 Å². The topological polar surface area (TPSA) is 76.5 Å². The van der Waals surface area contributed by atoms with Gasteiger partial charge >= 0.3 is 5.97 Å². The molecule has 1 aliphatic rings. The van der Waals surface area contributed by atoms with Gasteiger partial charge in [0.15, 0.2) is 17.5 Å². The molecule has 2 aromatic carbocycles. The normalized spacial score (nSPS) is 13.3. The Hall–Kier alpha value is -3.26. The number of nitrogens with one attached hydrogen (secondary N) is 1. The number of carbonyl (C=O) groups is 2. The molecule has 0 spiro atoms. The van der Waals surface area contributed by atoms with E-state index >= 15 is 0 Å². The summed E-state index contributed by atoms with van der Waals surface area (Å²) in [6.45, 7) is 1.76. The third-order valence-corrected chi connectivity index (χ3v) is 5.75. The summed E-state index contributed by atoms with van der Waals surface area (Å²) >= 11 is 1.43. The van der Waals surface area contributed by atoms with Crippen molar-refractivity contribution in [2.45, 2.75) is 18.0 Å². The highest BCUT2D eigenvalue weighted by atomic mass is 32.2. The molecule has 1 saturated heterocycles. The van der Waals surface area contributed by atoms with Gasteiger partial charge < -0.3 is 15.0 Å². The summed E-state index contributed by atoms with van der Waals surface area (Å²) < 4.78 is 6.98. The first kappa shape index (κ1) is 21.0. The van der Waals surface area contributed by atoms with Crippen LogP contribution in [-0.4, -0.2) is 47.4 Å². The van der Waals surface area contributed by atoms with Crippen molar-refractivity contribution in [3.63, 3.8) is 0 Å². The maximum atomic E-state index is 12.6. The minimum absolute atomic E-state index is 0.276. The number of benzene rings is 2. The molecule has 8 heteroatoms. The van der Waals surface area contributed by atoms with Gasteiger partial charge in [-0.3, -0.25) is 9.36 Å². The third-order valence-electron chi connectivity index (χ3n) is 5.09. The molecule has 4 rings (SSSR count). The summed E-state index contributed by atoms with van der Waals surface area (Å²) in [6, 6.07) is 17.2. The Kier molecular flexibility index (Phi) is 6.57. The molecule has 1 N–H and O–H groups in total. The van der Waals surface area contributed by atoms with E-state index in [-0.39, 0.29) is 12.3 Å². The number of hydrogen-bond acceptors (Lipinski definition) is 6. The van der Waals surface area contributed by atoms with Gasteiger partial charge in [0, 0.05) is 30.2 Å². The molecule has 2 heterocycles. The first-order chi connectivity index (χ1) is 15.2. The van der Waals surface area contributed by atoms with Gasteiger partial charge in [-0.15, -0.1) is 0 Å². The largest absolute Gasteiger partial charge is 0.451 e. The van der Waals surface area contributed by atoms with Gasteiger partial charge in [-0.05, 0) is 55.5 Å². The van der Waals surface area contributed by atoms with Crippen LogP contribution in [0.25, 0.3) is 5.69 Å². The van der Waals surface area contributed by atoms with E-state index in [4.69, 9.17) is 4.74 Å². The Balaban J connectivity index is 1.37. The smallest absolute Gasteiger partial charge is 0.357 e. The molecule has 1 aliphatic heterocycles. The van der Waals surface area contributed by atoms with Crippen LogP contribution in [0.2, 0.25) is 0 Å². The molecule has 1 aromatic heterocycles. The number of nitrogens with zero attached hydrogens (tertiary/aromatic N) is 3. The van der Waals surface area contributed by atoms with Crippen molar-refractivity contribution in [3.05, 3.63) is 66.5 Å². The van der Waals surface area contributed by atoms with Gasteiger partial charge in [-0.2, -0.15) is 0 Å². The van der Waals surface area contributed by atoms with Gasteiger partial charge in [0.25, 0.3) is 5.91 Å². The first-order valence-electron chi connectivity index (χ1n) is 10.1. The molecule has 1 amide bonds. The molecule has 0 aliphatic carbocycles.